The van der Waals surface area contributed by atoms with Gasteiger partial charge in [0.1, 0.15) is 11.6 Å². The number of amides is 1. The molecule has 0 unspecified atom stereocenters. The summed E-state index contributed by atoms with van der Waals surface area (Å²) in [6.07, 6.45) is 2.27. The summed E-state index contributed by atoms with van der Waals surface area (Å²) in [7, 11) is 3.70. The number of hydrogen-bond acceptors (Lipinski definition) is 5. The number of anilines is 1. The van der Waals surface area contributed by atoms with E-state index in [0.717, 1.165) is 44.1 Å². The number of ether oxygens (including phenoxy) is 1. The average molecular weight is 434 g/mol. The smallest absolute Gasteiger partial charge is 0.303 e. The molecule has 2 aromatic heterocycles. The largest absolute Gasteiger partial charge is 0.496 e. The second-order valence-corrected chi connectivity index (χ2v) is 7.66. The quantitative estimate of drug-likeness (QED) is 0.347. The van der Waals surface area contributed by atoms with Gasteiger partial charge in [-0.15, -0.1) is 0 Å². The van der Waals surface area contributed by atoms with Crippen molar-refractivity contribution in [1.29, 1.82) is 0 Å². The Bertz CT molecular complexity index is 1310. The molecule has 0 bridgehead atoms. The molecule has 166 valence electrons. The number of aliphatic carboxylic acids is 1. The van der Waals surface area contributed by atoms with Crippen molar-refractivity contribution in [2.45, 2.75) is 19.3 Å². The number of pyridine rings is 1. The van der Waals surface area contributed by atoms with Gasteiger partial charge in [0.05, 0.1) is 12.6 Å². The van der Waals surface area contributed by atoms with Gasteiger partial charge in [-0.3, -0.25) is 9.59 Å². The first-order chi connectivity index (χ1) is 15.5. The maximum absolute atomic E-state index is 11.9. The number of rotatable bonds is 9. The Kier molecular flexibility index (Phi) is 6.11. The summed E-state index contributed by atoms with van der Waals surface area (Å²) in [4.78, 5) is 27.0. The van der Waals surface area contributed by atoms with Gasteiger partial charge in [0.25, 0.3) is 0 Å². The van der Waals surface area contributed by atoms with Crippen LogP contribution in [0.2, 0.25) is 0 Å². The molecule has 2 aromatic carbocycles. The summed E-state index contributed by atoms with van der Waals surface area (Å²) in [5, 5.41) is 19.0. The number of carboxylic acids is 1. The number of nitrogens with zero attached hydrogens (tertiary/aromatic N) is 2. The molecule has 32 heavy (non-hydrogen) atoms. The highest BCUT2D eigenvalue weighted by Gasteiger charge is 2.17. The van der Waals surface area contributed by atoms with E-state index in [4.69, 9.17) is 9.84 Å². The van der Waals surface area contributed by atoms with E-state index >= 15 is 0 Å². The van der Waals surface area contributed by atoms with E-state index in [-0.39, 0.29) is 18.7 Å². The highest BCUT2D eigenvalue weighted by Crippen LogP contribution is 2.41. The van der Waals surface area contributed by atoms with Crippen LogP contribution < -0.4 is 15.4 Å². The average Bonchev–Trinajstić information content (AvgIpc) is 3.08. The molecular formula is C24H26N4O4. The highest BCUT2D eigenvalue weighted by atomic mass is 16.5. The zero-order valence-electron chi connectivity index (χ0n) is 18.1. The van der Waals surface area contributed by atoms with Gasteiger partial charge in [0, 0.05) is 72.3 Å². The van der Waals surface area contributed by atoms with Crippen LogP contribution >= 0.6 is 0 Å². The van der Waals surface area contributed by atoms with Crippen LogP contribution in [0.15, 0.2) is 42.6 Å². The van der Waals surface area contributed by atoms with Crippen LogP contribution in [0.5, 0.6) is 5.75 Å². The van der Waals surface area contributed by atoms with Crippen molar-refractivity contribution < 1.29 is 19.4 Å². The summed E-state index contributed by atoms with van der Waals surface area (Å²) in [6, 6.07) is 12.3. The minimum absolute atomic E-state index is 0.00550. The first-order valence-electron chi connectivity index (χ1n) is 10.6. The minimum Gasteiger partial charge on any atom is -0.496 e. The minimum atomic E-state index is -0.892. The van der Waals surface area contributed by atoms with Crippen molar-refractivity contribution in [3.8, 4) is 5.75 Å². The predicted molar refractivity (Wildman–Crippen MR) is 125 cm³/mol. The number of fused-ring (bicyclic) bond motifs is 5. The number of aromatic nitrogens is 2. The van der Waals surface area contributed by atoms with Crippen molar-refractivity contribution in [1.82, 2.24) is 14.9 Å². The second-order valence-electron chi connectivity index (χ2n) is 7.66. The van der Waals surface area contributed by atoms with Crippen molar-refractivity contribution in [3.63, 3.8) is 0 Å². The van der Waals surface area contributed by atoms with E-state index in [1.54, 1.807) is 13.3 Å². The number of hydrogen-bond donors (Lipinski definition) is 3. The molecule has 0 saturated heterocycles. The van der Waals surface area contributed by atoms with Crippen molar-refractivity contribution in [2.24, 2.45) is 7.05 Å². The lowest BCUT2D eigenvalue weighted by Gasteiger charge is -2.13. The standard InChI is InChI=1S/C24H26N4O4/c1-28-17-7-4-3-6-15(17)22-18(28)14-19(32-2)16-10-11-26-24(23(16)22)27-13-12-25-20(29)8-5-9-21(30)31/h3-4,6-7,10-11,14H,5,8-9,12-13H2,1-2H3,(H,25,29)(H,26,27)(H,30,31). The Morgan fingerprint density at radius 3 is 2.66 bits per heavy atom. The number of carbonyl (C=O) groups excluding carboxylic acids is 1. The summed E-state index contributed by atoms with van der Waals surface area (Å²) in [5.41, 5.74) is 2.18. The van der Waals surface area contributed by atoms with Crippen LogP contribution in [0.1, 0.15) is 19.3 Å². The van der Waals surface area contributed by atoms with E-state index in [0.29, 0.717) is 19.5 Å². The molecular weight excluding hydrogens is 408 g/mol. The first-order valence-corrected chi connectivity index (χ1v) is 10.6. The Balaban J connectivity index is 1.63. The summed E-state index contributed by atoms with van der Waals surface area (Å²) < 4.78 is 7.84. The van der Waals surface area contributed by atoms with E-state index in [1.165, 1.54) is 0 Å². The molecule has 8 nitrogen and oxygen atoms in total. The lowest BCUT2D eigenvalue weighted by Crippen LogP contribution is -2.28. The van der Waals surface area contributed by atoms with Gasteiger partial charge in [-0.05, 0) is 18.6 Å². The molecule has 0 atom stereocenters. The topological polar surface area (TPSA) is 105 Å². The molecule has 0 aliphatic heterocycles. The fraction of sp³-hybridized carbons (Fsp3) is 0.292. The number of methoxy groups -OCH3 is 1. The van der Waals surface area contributed by atoms with Gasteiger partial charge in [-0.25, -0.2) is 4.98 Å². The number of carboxylic acid groups (broad SMARTS) is 1. The second kappa shape index (κ2) is 9.13. The van der Waals surface area contributed by atoms with Crippen molar-refractivity contribution in [2.75, 3.05) is 25.5 Å². The summed E-state index contributed by atoms with van der Waals surface area (Å²) in [6.45, 7) is 0.896. The van der Waals surface area contributed by atoms with Gasteiger partial charge in [0.2, 0.25) is 5.91 Å². The van der Waals surface area contributed by atoms with Gasteiger partial charge >= 0.3 is 5.97 Å². The molecule has 0 fully saturated rings. The third-order valence-corrected chi connectivity index (χ3v) is 5.64. The Morgan fingerprint density at radius 1 is 1.06 bits per heavy atom. The van der Waals surface area contributed by atoms with Gasteiger partial charge in [-0.1, -0.05) is 18.2 Å². The Labute approximate surface area is 185 Å². The zero-order valence-corrected chi connectivity index (χ0v) is 18.1. The van der Waals surface area contributed by atoms with Gasteiger partial charge in [-0.2, -0.15) is 0 Å². The molecule has 4 rings (SSSR count). The predicted octanol–water partition coefficient (Wildman–Crippen LogP) is 3.67. The number of nitrogens with one attached hydrogen (secondary N) is 2. The number of benzene rings is 2. The lowest BCUT2D eigenvalue weighted by molar-refractivity contribution is -0.137. The van der Waals surface area contributed by atoms with Crippen LogP contribution in [0, 0.1) is 0 Å². The molecule has 0 aliphatic rings. The maximum Gasteiger partial charge on any atom is 0.303 e. The number of para-hydroxylation sites is 1. The Morgan fingerprint density at radius 2 is 1.88 bits per heavy atom. The van der Waals surface area contributed by atoms with E-state index in [2.05, 4.69) is 38.4 Å². The van der Waals surface area contributed by atoms with Crippen LogP contribution in [0.3, 0.4) is 0 Å². The van der Waals surface area contributed by atoms with E-state index in [1.807, 2.05) is 25.2 Å². The molecule has 8 heteroatoms. The third-order valence-electron chi connectivity index (χ3n) is 5.64. The summed E-state index contributed by atoms with van der Waals surface area (Å²) in [5.74, 6) is 0.451. The maximum atomic E-state index is 11.9. The van der Waals surface area contributed by atoms with Crippen LogP contribution in [0.25, 0.3) is 32.6 Å². The van der Waals surface area contributed by atoms with E-state index < -0.39 is 5.97 Å². The third kappa shape index (κ3) is 4.03. The SMILES string of the molecule is COc1cc2c(c3ccccc3n2C)c2c(NCCNC(=O)CCCC(=O)O)nccc12. The zero-order chi connectivity index (χ0) is 22.7. The lowest BCUT2D eigenvalue weighted by atomic mass is 10.0. The van der Waals surface area contributed by atoms with E-state index in [9.17, 15) is 9.59 Å². The van der Waals surface area contributed by atoms with Gasteiger partial charge in [0.15, 0.2) is 0 Å². The van der Waals surface area contributed by atoms with Gasteiger partial charge < -0.3 is 25.0 Å². The molecule has 1 amide bonds. The highest BCUT2D eigenvalue weighted by molar-refractivity contribution is 6.24. The Hall–Kier alpha value is -3.81. The molecule has 2 heterocycles. The molecule has 0 radical (unpaired) electrons. The van der Waals surface area contributed by atoms with Crippen molar-refractivity contribution in [3.05, 3.63) is 42.6 Å². The fourth-order valence-corrected chi connectivity index (χ4v) is 4.14. The first kappa shape index (κ1) is 21.4. The number of aryl methyl sites for hydroxylation is 1. The molecule has 0 aliphatic carbocycles. The molecule has 0 spiro atoms. The molecule has 0 saturated carbocycles. The molecule has 3 N–H and O–H groups in total. The normalized spacial score (nSPS) is 11.2. The monoisotopic (exact) mass is 434 g/mol. The van der Waals surface area contributed by atoms with Crippen LogP contribution in [-0.4, -0.2) is 46.7 Å². The summed E-state index contributed by atoms with van der Waals surface area (Å²) >= 11 is 0. The van der Waals surface area contributed by atoms with Crippen LogP contribution in [-0.2, 0) is 16.6 Å². The molecule has 4 aromatic rings. The fourth-order valence-electron chi connectivity index (χ4n) is 4.14. The van der Waals surface area contributed by atoms with Crippen LogP contribution in [0.4, 0.5) is 5.82 Å². The van der Waals surface area contributed by atoms with Crippen molar-refractivity contribution >= 4 is 50.3 Å². The number of carbonyl (C=O) groups is 2.